The Balaban J connectivity index is 1.64. The van der Waals surface area contributed by atoms with E-state index in [1.54, 1.807) is 12.1 Å². The molecule has 0 aromatic heterocycles. The summed E-state index contributed by atoms with van der Waals surface area (Å²) in [6.07, 6.45) is 1.18. The van der Waals surface area contributed by atoms with Gasteiger partial charge in [0.15, 0.2) is 17.4 Å². The number of phenolic OH excluding ortho intramolecular Hbond substituents is 1. The predicted molar refractivity (Wildman–Crippen MR) is 124 cm³/mol. The molecule has 0 aliphatic heterocycles. The second-order valence-corrected chi connectivity index (χ2v) is 7.57. The SMILES string of the molecule is COc1cc(CC(C(=O)OCCc2ccccc2)C(=O)OCCc2ccccc2)ccc1O. The summed E-state index contributed by atoms with van der Waals surface area (Å²) >= 11 is 0. The van der Waals surface area contributed by atoms with Crippen LogP contribution in [0.4, 0.5) is 0 Å². The van der Waals surface area contributed by atoms with E-state index in [2.05, 4.69) is 0 Å². The largest absolute Gasteiger partial charge is 0.504 e. The zero-order chi connectivity index (χ0) is 23.5. The van der Waals surface area contributed by atoms with Crippen LogP contribution in [0.25, 0.3) is 0 Å². The van der Waals surface area contributed by atoms with Crippen molar-refractivity contribution in [2.75, 3.05) is 20.3 Å². The molecule has 6 nitrogen and oxygen atoms in total. The third-order valence-corrected chi connectivity index (χ3v) is 5.21. The number of esters is 2. The molecule has 0 spiro atoms. The van der Waals surface area contributed by atoms with E-state index < -0.39 is 17.9 Å². The van der Waals surface area contributed by atoms with Crippen LogP contribution in [-0.4, -0.2) is 37.4 Å². The Hall–Kier alpha value is -3.80. The molecule has 0 heterocycles. The van der Waals surface area contributed by atoms with Gasteiger partial charge in [0.1, 0.15) is 0 Å². The average molecular weight is 449 g/mol. The third-order valence-electron chi connectivity index (χ3n) is 5.21. The molecule has 0 radical (unpaired) electrons. The number of carbonyl (C=O) groups is 2. The van der Waals surface area contributed by atoms with E-state index in [0.717, 1.165) is 11.1 Å². The maximum atomic E-state index is 12.8. The number of benzene rings is 3. The number of methoxy groups -OCH3 is 1. The first-order valence-electron chi connectivity index (χ1n) is 10.8. The predicted octanol–water partition coefficient (Wildman–Crippen LogP) is 4.13. The topological polar surface area (TPSA) is 82.1 Å². The highest BCUT2D eigenvalue weighted by Gasteiger charge is 2.30. The number of ether oxygens (including phenoxy) is 3. The van der Waals surface area contributed by atoms with E-state index in [9.17, 15) is 14.7 Å². The Morgan fingerprint density at radius 2 is 1.27 bits per heavy atom. The van der Waals surface area contributed by atoms with E-state index in [1.807, 2.05) is 60.7 Å². The van der Waals surface area contributed by atoms with Gasteiger partial charge >= 0.3 is 11.9 Å². The summed E-state index contributed by atoms with van der Waals surface area (Å²) in [5.74, 6) is -2.15. The first-order valence-corrected chi connectivity index (χ1v) is 10.8. The Labute approximate surface area is 193 Å². The van der Waals surface area contributed by atoms with Gasteiger partial charge in [0, 0.05) is 12.8 Å². The summed E-state index contributed by atoms with van der Waals surface area (Å²) in [6.45, 7) is 0.324. The van der Waals surface area contributed by atoms with Crippen molar-refractivity contribution >= 4 is 11.9 Å². The van der Waals surface area contributed by atoms with Gasteiger partial charge in [0.05, 0.1) is 20.3 Å². The van der Waals surface area contributed by atoms with E-state index in [1.165, 1.54) is 13.2 Å². The second-order valence-electron chi connectivity index (χ2n) is 7.57. The molecule has 1 N–H and O–H groups in total. The molecule has 0 bridgehead atoms. The summed E-state index contributed by atoms with van der Waals surface area (Å²) in [7, 11) is 1.44. The maximum absolute atomic E-state index is 12.8. The van der Waals surface area contributed by atoms with Crippen LogP contribution in [0.2, 0.25) is 0 Å². The molecule has 6 heteroatoms. The number of hydrogen-bond donors (Lipinski definition) is 1. The van der Waals surface area contributed by atoms with Gasteiger partial charge in [-0.1, -0.05) is 66.7 Å². The first kappa shape index (κ1) is 23.9. The van der Waals surface area contributed by atoms with Gasteiger partial charge in [-0.2, -0.15) is 0 Å². The van der Waals surface area contributed by atoms with Crippen LogP contribution in [0.3, 0.4) is 0 Å². The van der Waals surface area contributed by atoms with Gasteiger partial charge in [-0.25, -0.2) is 0 Å². The standard InChI is InChI=1S/C27H28O6/c1-31-25-19-22(12-13-24(25)28)18-23(26(29)32-16-14-20-8-4-2-5-9-20)27(30)33-17-15-21-10-6-3-7-11-21/h2-13,19,23,28H,14-18H2,1H3. The Bertz CT molecular complexity index is 975. The fourth-order valence-electron chi connectivity index (χ4n) is 3.38. The van der Waals surface area contributed by atoms with E-state index >= 15 is 0 Å². The molecule has 0 saturated heterocycles. The molecule has 0 aliphatic rings. The third kappa shape index (κ3) is 7.38. The van der Waals surface area contributed by atoms with Crippen LogP contribution in [0.5, 0.6) is 11.5 Å². The van der Waals surface area contributed by atoms with E-state index in [0.29, 0.717) is 18.4 Å². The summed E-state index contributed by atoms with van der Waals surface area (Å²) < 4.78 is 16.0. The smallest absolute Gasteiger partial charge is 0.320 e. The quantitative estimate of drug-likeness (QED) is 0.351. The second kappa shape index (κ2) is 12.3. The van der Waals surface area contributed by atoms with Gasteiger partial charge in [0.2, 0.25) is 0 Å². The van der Waals surface area contributed by atoms with Gasteiger partial charge < -0.3 is 19.3 Å². The lowest BCUT2D eigenvalue weighted by atomic mass is 9.99. The van der Waals surface area contributed by atoms with Crippen molar-refractivity contribution < 1.29 is 28.9 Å². The molecule has 0 fully saturated rings. The highest BCUT2D eigenvalue weighted by atomic mass is 16.6. The molecule has 3 rings (SSSR count). The maximum Gasteiger partial charge on any atom is 0.320 e. The van der Waals surface area contributed by atoms with Gasteiger partial charge in [0.25, 0.3) is 0 Å². The van der Waals surface area contributed by atoms with E-state index in [4.69, 9.17) is 14.2 Å². The van der Waals surface area contributed by atoms with Crippen molar-refractivity contribution in [1.29, 1.82) is 0 Å². The summed E-state index contributed by atoms with van der Waals surface area (Å²) in [4.78, 5) is 25.7. The fourth-order valence-corrected chi connectivity index (χ4v) is 3.38. The van der Waals surface area contributed by atoms with Gasteiger partial charge in [-0.05, 0) is 35.2 Å². The molecule has 0 unspecified atom stereocenters. The number of rotatable bonds is 11. The van der Waals surface area contributed by atoms with Crippen LogP contribution >= 0.6 is 0 Å². The van der Waals surface area contributed by atoms with Crippen molar-refractivity contribution in [2.45, 2.75) is 19.3 Å². The van der Waals surface area contributed by atoms with Crippen molar-refractivity contribution in [3.8, 4) is 11.5 Å². The molecule has 3 aromatic rings. The fraction of sp³-hybridized carbons (Fsp3) is 0.259. The minimum Gasteiger partial charge on any atom is -0.504 e. The molecule has 0 atom stereocenters. The molecule has 0 saturated carbocycles. The normalized spacial score (nSPS) is 10.6. The van der Waals surface area contributed by atoms with E-state index in [-0.39, 0.29) is 31.1 Å². The van der Waals surface area contributed by atoms with Gasteiger partial charge in [-0.15, -0.1) is 0 Å². The molecule has 172 valence electrons. The Morgan fingerprint density at radius 3 is 1.76 bits per heavy atom. The Morgan fingerprint density at radius 1 is 0.758 bits per heavy atom. The molecular formula is C27H28O6. The van der Waals surface area contributed by atoms with Crippen molar-refractivity contribution in [1.82, 2.24) is 0 Å². The minimum absolute atomic E-state index is 0.0197. The lowest BCUT2D eigenvalue weighted by Crippen LogP contribution is -2.31. The molecule has 0 amide bonds. The van der Waals surface area contributed by atoms with Gasteiger partial charge in [-0.3, -0.25) is 9.59 Å². The summed E-state index contributed by atoms with van der Waals surface area (Å²) in [5, 5.41) is 9.83. The number of phenols is 1. The van der Waals surface area contributed by atoms with Crippen molar-refractivity contribution in [3.63, 3.8) is 0 Å². The molecule has 0 aliphatic carbocycles. The number of aromatic hydroxyl groups is 1. The van der Waals surface area contributed by atoms with Crippen LogP contribution in [0.15, 0.2) is 78.9 Å². The average Bonchev–Trinajstić information content (AvgIpc) is 2.84. The Kier molecular flexibility index (Phi) is 8.88. The molecule has 33 heavy (non-hydrogen) atoms. The lowest BCUT2D eigenvalue weighted by molar-refractivity contribution is -0.162. The lowest BCUT2D eigenvalue weighted by Gasteiger charge is -2.16. The molecule has 3 aromatic carbocycles. The van der Waals surface area contributed by atoms with Crippen molar-refractivity contribution in [2.24, 2.45) is 5.92 Å². The van der Waals surface area contributed by atoms with Crippen LogP contribution < -0.4 is 4.74 Å². The summed E-state index contributed by atoms with van der Waals surface area (Å²) in [5.41, 5.74) is 2.72. The highest BCUT2D eigenvalue weighted by Crippen LogP contribution is 2.27. The van der Waals surface area contributed by atoms with Crippen molar-refractivity contribution in [3.05, 3.63) is 95.6 Å². The highest BCUT2D eigenvalue weighted by molar-refractivity contribution is 5.95. The first-order chi connectivity index (χ1) is 16.1. The number of hydrogen-bond acceptors (Lipinski definition) is 6. The summed E-state index contributed by atoms with van der Waals surface area (Å²) in [6, 6.07) is 24.0. The minimum atomic E-state index is -1.12. The number of carbonyl (C=O) groups excluding carboxylic acids is 2. The zero-order valence-corrected chi connectivity index (χ0v) is 18.6. The monoisotopic (exact) mass is 448 g/mol. The van der Waals surface area contributed by atoms with Crippen LogP contribution in [0.1, 0.15) is 16.7 Å². The van der Waals surface area contributed by atoms with Crippen LogP contribution in [0, 0.1) is 5.92 Å². The van der Waals surface area contributed by atoms with Crippen LogP contribution in [-0.2, 0) is 38.3 Å². The molecular weight excluding hydrogens is 420 g/mol. The zero-order valence-electron chi connectivity index (χ0n) is 18.6.